The van der Waals surface area contributed by atoms with E-state index in [-0.39, 0.29) is 0 Å². The Morgan fingerprint density at radius 2 is 2.00 bits per heavy atom. The maximum atomic E-state index is 5.37. The summed E-state index contributed by atoms with van der Waals surface area (Å²) in [6, 6.07) is 6.07. The molecule has 0 fully saturated rings. The van der Waals surface area contributed by atoms with Gasteiger partial charge in [0.2, 0.25) is 5.95 Å². The fourth-order valence-corrected chi connectivity index (χ4v) is 1.80. The summed E-state index contributed by atoms with van der Waals surface area (Å²) in [4.78, 5) is 12.8. The molecule has 106 valence electrons. The highest BCUT2D eigenvalue weighted by Crippen LogP contribution is 2.25. The average molecular weight is 274 g/mol. The van der Waals surface area contributed by atoms with Gasteiger partial charge in [0.15, 0.2) is 5.82 Å². The van der Waals surface area contributed by atoms with Gasteiger partial charge in [-0.25, -0.2) is 0 Å². The zero-order chi connectivity index (χ0) is 14.5. The first-order valence-electron chi connectivity index (χ1n) is 6.39. The summed E-state index contributed by atoms with van der Waals surface area (Å²) < 4.78 is 10.6. The number of hydrogen-bond donors (Lipinski definition) is 1. The highest BCUT2D eigenvalue weighted by atomic mass is 16.5. The summed E-state index contributed by atoms with van der Waals surface area (Å²) in [6.45, 7) is 4.39. The minimum Gasteiger partial charge on any atom is -0.497 e. The van der Waals surface area contributed by atoms with E-state index in [0.29, 0.717) is 24.4 Å². The maximum absolute atomic E-state index is 5.37. The normalized spacial score (nSPS) is 10.2. The molecule has 0 aliphatic rings. The number of nitrogens with one attached hydrogen (secondary N) is 1. The lowest BCUT2D eigenvalue weighted by molar-refractivity contribution is 0.312. The SMILES string of the molecule is CCOc1nc(NC)nc(-c2ccc(OC)cc2C)n1. The molecule has 6 heteroatoms. The highest BCUT2D eigenvalue weighted by Gasteiger charge is 2.11. The van der Waals surface area contributed by atoms with Crippen molar-refractivity contribution in [3.8, 4) is 23.1 Å². The minimum absolute atomic E-state index is 0.317. The molecule has 0 aliphatic carbocycles. The average Bonchev–Trinajstić information content (AvgIpc) is 2.47. The van der Waals surface area contributed by atoms with Crippen molar-refractivity contribution in [1.29, 1.82) is 0 Å². The molecule has 0 bridgehead atoms. The van der Waals surface area contributed by atoms with Crippen LogP contribution in [0.25, 0.3) is 11.4 Å². The predicted molar refractivity (Wildman–Crippen MR) is 77.3 cm³/mol. The van der Waals surface area contributed by atoms with E-state index in [2.05, 4.69) is 20.3 Å². The first-order chi connectivity index (χ1) is 9.67. The summed E-state index contributed by atoms with van der Waals surface area (Å²) in [5, 5.41) is 2.91. The van der Waals surface area contributed by atoms with Crippen LogP contribution in [0.2, 0.25) is 0 Å². The summed E-state index contributed by atoms with van der Waals surface area (Å²) in [7, 11) is 3.40. The lowest BCUT2D eigenvalue weighted by Crippen LogP contribution is -2.05. The van der Waals surface area contributed by atoms with Crippen LogP contribution in [0.4, 0.5) is 5.95 Å². The van der Waals surface area contributed by atoms with Crippen molar-refractivity contribution in [2.45, 2.75) is 13.8 Å². The maximum Gasteiger partial charge on any atom is 0.321 e. The van der Waals surface area contributed by atoms with Crippen molar-refractivity contribution in [2.24, 2.45) is 0 Å². The number of methoxy groups -OCH3 is 1. The molecule has 0 aliphatic heterocycles. The first-order valence-corrected chi connectivity index (χ1v) is 6.39. The van der Waals surface area contributed by atoms with Gasteiger partial charge in [-0.05, 0) is 37.6 Å². The summed E-state index contributed by atoms with van der Waals surface area (Å²) in [5.74, 6) is 1.86. The van der Waals surface area contributed by atoms with Gasteiger partial charge in [0, 0.05) is 12.6 Å². The molecule has 0 atom stereocenters. The summed E-state index contributed by atoms with van der Waals surface area (Å²) in [6.07, 6.45) is 0. The van der Waals surface area contributed by atoms with Gasteiger partial charge >= 0.3 is 6.01 Å². The topological polar surface area (TPSA) is 69.2 Å². The number of rotatable bonds is 5. The number of nitrogens with zero attached hydrogens (tertiary/aromatic N) is 3. The number of ether oxygens (including phenoxy) is 2. The van der Waals surface area contributed by atoms with Crippen LogP contribution in [-0.4, -0.2) is 35.7 Å². The van der Waals surface area contributed by atoms with Crippen LogP contribution in [0.3, 0.4) is 0 Å². The largest absolute Gasteiger partial charge is 0.497 e. The third-order valence-electron chi connectivity index (χ3n) is 2.79. The molecule has 6 nitrogen and oxygen atoms in total. The molecule has 1 aromatic carbocycles. The second-order valence-electron chi connectivity index (χ2n) is 4.13. The van der Waals surface area contributed by atoms with Gasteiger partial charge in [0.1, 0.15) is 5.75 Å². The Balaban J connectivity index is 2.48. The smallest absolute Gasteiger partial charge is 0.321 e. The zero-order valence-corrected chi connectivity index (χ0v) is 12.1. The minimum atomic E-state index is 0.317. The third-order valence-corrected chi connectivity index (χ3v) is 2.79. The van der Waals surface area contributed by atoms with E-state index in [1.54, 1.807) is 14.2 Å². The van der Waals surface area contributed by atoms with E-state index in [1.807, 2.05) is 32.0 Å². The van der Waals surface area contributed by atoms with E-state index in [1.165, 1.54) is 0 Å². The molecule has 0 radical (unpaired) electrons. The molecule has 0 saturated heterocycles. The van der Waals surface area contributed by atoms with Gasteiger partial charge in [0.05, 0.1) is 13.7 Å². The number of benzene rings is 1. The Hall–Kier alpha value is -2.37. The van der Waals surface area contributed by atoms with Crippen molar-refractivity contribution in [1.82, 2.24) is 15.0 Å². The number of hydrogen-bond acceptors (Lipinski definition) is 6. The molecule has 2 rings (SSSR count). The van der Waals surface area contributed by atoms with Gasteiger partial charge in [-0.2, -0.15) is 15.0 Å². The van der Waals surface area contributed by atoms with Gasteiger partial charge in [-0.15, -0.1) is 0 Å². The molecule has 0 amide bonds. The number of aromatic nitrogens is 3. The molecular weight excluding hydrogens is 256 g/mol. The van der Waals surface area contributed by atoms with E-state index >= 15 is 0 Å². The fourth-order valence-electron chi connectivity index (χ4n) is 1.80. The number of anilines is 1. The standard InChI is InChI=1S/C14H18N4O2/c1-5-20-14-17-12(16-13(15-3)18-14)11-7-6-10(19-4)8-9(11)2/h6-8H,5H2,1-4H3,(H,15,16,17,18). The van der Waals surface area contributed by atoms with Crippen LogP contribution < -0.4 is 14.8 Å². The van der Waals surface area contributed by atoms with Crippen molar-refractivity contribution in [2.75, 3.05) is 26.1 Å². The summed E-state index contributed by atoms with van der Waals surface area (Å²) >= 11 is 0. The molecule has 1 N–H and O–H groups in total. The molecule has 20 heavy (non-hydrogen) atoms. The molecular formula is C14H18N4O2. The molecule has 0 saturated carbocycles. The van der Waals surface area contributed by atoms with Crippen LogP contribution in [-0.2, 0) is 0 Å². The molecule has 2 aromatic rings. The lowest BCUT2D eigenvalue weighted by Gasteiger charge is -2.09. The van der Waals surface area contributed by atoms with Crippen molar-refractivity contribution < 1.29 is 9.47 Å². The third kappa shape index (κ3) is 2.96. The monoisotopic (exact) mass is 274 g/mol. The molecule has 0 spiro atoms. The van der Waals surface area contributed by atoms with E-state index in [9.17, 15) is 0 Å². The van der Waals surface area contributed by atoms with E-state index in [4.69, 9.17) is 9.47 Å². The van der Waals surface area contributed by atoms with Crippen LogP contribution in [0, 0.1) is 6.92 Å². The Morgan fingerprint density at radius 1 is 1.20 bits per heavy atom. The van der Waals surface area contributed by atoms with E-state index in [0.717, 1.165) is 16.9 Å². The second-order valence-corrected chi connectivity index (χ2v) is 4.13. The lowest BCUT2D eigenvalue weighted by atomic mass is 10.1. The highest BCUT2D eigenvalue weighted by molar-refractivity contribution is 5.62. The molecule has 1 heterocycles. The Kier molecular flexibility index (Phi) is 4.34. The first kappa shape index (κ1) is 14.0. The molecule has 0 unspecified atom stereocenters. The van der Waals surface area contributed by atoms with Crippen molar-refractivity contribution >= 4 is 5.95 Å². The Morgan fingerprint density at radius 3 is 2.60 bits per heavy atom. The van der Waals surface area contributed by atoms with Crippen LogP contribution in [0.1, 0.15) is 12.5 Å². The molecule has 1 aromatic heterocycles. The van der Waals surface area contributed by atoms with Crippen LogP contribution in [0.5, 0.6) is 11.8 Å². The van der Waals surface area contributed by atoms with Crippen LogP contribution >= 0.6 is 0 Å². The van der Waals surface area contributed by atoms with Gasteiger partial charge < -0.3 is 14.8 Å². The van der Waals surface area contributed by atoms with Crippen molar-refractivity contribution in [3.63, 3.8) is 0 Å². The Bertz CT molecular complexity index is 602. The predicted octanol–water partition coefficient (Wildman–Crippen LogP) is 2.30. The van der Waals surface area contributed by atoms with Gasteiger partial charge in [-0.1, -0.05) is 0 Å². The van der Waals surface area contributed by atoms with Crippen LogP contribution in [0.15, 0.2) is 18.2 Å². The van der Waals surface area contributed by atoms with Gasteiger partial charge in [-0.3, -0.25) is 0 Å². The second kappa shape index (κ2) is 6.18. The van der Waals surface area contributed by atoms with E-state index < -0.39 is 0 Å². The summed E-state index contributed by atoms with van der Waals surface area (Å²) in [5.41, 5.74) is 1.95. The van der Waals surface area contributed by atoms with Crippen molar-refractivity contribution in [3.05, 3.63) is 23.8 Å². The number of aryl methyl sites for hydroxylation is 1. The quantitative estimate of drug-likeness (QED) is 0.902. The zero-order valence-electron chi connectivity index (χ0n) is 12.1. The Labute approximate surface area is 118 Å². The fraction of sp³-hybridized carbons (Fsp3) is 0.357. The van der Waals surface area contributed by atoms with Gasteiger partial charge in [0.25, 0.3) is 0 Å².